The largest absolute Gasteiger partial charge is 0.480 e. The molecule has 10 heteroatoms. The molecule has 3 aromatic heterocycles. The fourth-order valence-electron chi connectivity index (χ4n) is 4.73. The van der Waals surface area contributed by atoms with E-state index in [1.807, 2.05) is 42.3 Å². The van der Waals surface area contributed by atoms with Crippen LogP contribution in [0.3, 0.4) is 0 Å². The van der Waals surface area contributed by atoms with Gasteiger partial charge in [0.15, 0.2) is 0 Å². The van der Waals surface area contributed by atoms with Crippen LogP contribution in [0.5, 0.6) is 0 Å². The number of thiazole rings is 1. The van der Waals surface area contributed by atoms with Crippen LogP contribution in [-0.4, -0.2) is 57.6 Å². The molecule has 0 aliphatic carbocycles. The molecule has 4 aromatic rings. The van der Waals surface area contributed by atoms with Crippen LogP contribution in [0.2, 0.25) is 0 Å². The third kappa shape index (κ3) is 5.35. The Balaban J connectivity index is 1.47. The van der Waals surface area contributed by atoms with Gasteiger partial charge in [0.05, 0.1) is 13.2 Å². The molecule has 0 saturated carbocycles. The number of benzene rings is 1. The number of rotatable bonds is 7. The quantitative estimate of drug-likeness (QED) is 0.237. The third-order valence-corrected chi connectivity index (χ3v) is 7.65. The summed E-state index contributed by atoms with van der Waals surface area (Å²) in [6.07, 6.45) is 2.57. The smallest absolute Gasteiger partial charge is 0.266 e. The van der Waals surface area contributed by atoms with Gasteiger partial charge in [-0.1, -0.05) is 37.3 Å². The van der Waals surface area contributed by atoms with Crippen molar-refractivity contribution in [3.05, 3.63) is 81.3 Å². The Labute approximate surface area is 225 Å². The van der Waals surface area contributed by atoms with Gasteiger partial charge >= 0.3 is 0 Å². The fourth-order valence-corrected chi connectivity index (χ4v) is 5.68. The highest BCUT2D eigenvalue weighted by molar-refractivity contribution is 7.09. The fraction of sp³-hybridized carbons (Fsp3) is 0.357. The van der Waals surface area contributed by atoms with Gasteiger partial charge in [0.25, 0.3) is 11.8 Å². The van der Waals surface area contributed by atoms with Gasteiger partial charge in [-0.05, 0) is 43.9 Å². The van der Waals surface area contributed by atoms with E-state index in [2.05, 4.69) is 37.3 Å². The summed E-state index contributed by atoms with van der Waals surface area (Å²) in [4.78, 5) is 29.2. The maximum absolute atomic E-state index is 13.8. The number of carbonyl (C=O) groups excluding carboxylic acids is 1. The summed E-state index contributed by atoms with van der Waals surface area (Å²) < 4.78 is 11.5. The van der Waals surface area contributed by atoms with Crippen LogP contribution in [0, 0.1) is 6.92 Å². The van der Waals surface area contributed by atoms with E-state index in [9.17, 15) is 4.79 Å². The number of nitrogens with zero attached hydrogens (tertiary/aromatic N) is 6. The standard InChI is InChI=1S/C28H30N6O3S/c1-17(13-19-9-6-5-7-10-19)24-32-33-26(37-24)22-15-20(14-21(31-22)25(29-3)36-4)28(35)34-12-8-11-23(34)27-30-18(2)16-38-27/h5-7,9-10,14-17,23H,8,11-13H2,1-4H3. The Kier molecular flexibility index (Phi) is 7.59. The zero-order valence-corrected chi connectivity index (χ0v) is 22.7. The summed E-state index contributed by atoms with van der Waals surface area (Å²) in [5.41, 5.74) is 3.44. The second kappa shape index (κ2) is 11.2. The van der Waals surface area contributed by atoms with Crippen LogP contribution in [0.4, 0.5) is 0 Å². The van der Waals surface area contributed by atoms with Crippen LogP contribution in [-0.2, 0) is 11.2 Å². The van der Waals surface area contributed by atoms with Crippen LogP contribution >= 0.6 is 11.3 Å². The van der Waals surface area contributed by atoms with Crippen molar-refractivity contribution in [3.63, 3.8) is 0 Å². The van der Waals surface area contributed by atoms with Crippen molar-refractivity contribution in [1.82, 2.24) is 25.1 Å². The van der Waals surface area contributed by atoms with Gasteiger partial charge in [0.2, 0.25) is 11.8 Å². The second-order valence-corrected chi connectivity index (χ2v) is 10.3. The maximum atomic E-state index is 13.8. The number of aliphatic imine (C=N–C) groups is 1. The molecule has 1 amide bonds. The van der Waals surface area contributed by atoms with E-state index in [1.54, 1.807) is 30.5 Å². The first-order valence-electron chi connectivity index (χ1n) is 12.6. The summed E-state index contributed by atoms with van der Waals surface area (Å²) >= 11 is 1.59. The molecule has 2 unspecified atom stereocenters. The molecule has 1 aliphatic heterocycles. The average molecular weight is 531 g/mol. The zero-order valence-electron chi connectivity index (χ0n) is 21.9. The van der Waals surface area contributed by atoms with Gasteiger partial charge < -0.3 is 14.1 Å². The normalized spacial score (nSPS) is 16.6. The number of hydrogen-bond acceptors (Lipinski definition) is 9. The van der Waals surface area contributed by atoms with Gasteiger partial charge in [-0.3, -0.25) is 9.79 Å². The number of likely N-dealkylation sites (tertiary alicyclic amines) is 1. The lowest BCUT2D eigenvalue weighted by Crippen LogP contribution is -2.31. The molecule has 4 heterocycles. The van der Waals surface area contributed by atoms with Crippen molar-refractivity contribution in [2.75, 3.05) is 20.7 Å². The summed E-state index contributed by atoms with van der Waals surface area (Å²) in [5, 5.41) is 11.5. The van der Waals surface area contributed by atoms with Gasteiger partial charge in [-0.15, -0.1) is 21.5 Å². The van der Waals surface area contributed by atoms with Gasteiger partial charge in [0, 0.05) is 36.1 Å². The Morgan fingerprint density at radius 3 is 2.76 bits per heavy atom. The maximum Gasteiger partial charge on any atom is 0.266 e. The van der Waals surface area contributed by atoms with Crippen LogP contribution in [0.15, 0.2) is 57.3 Å². The highest BCUT2D eigenvalue weighted by Gasteiger charge is 2.33. The first kappa shape index (κ1) is 25.7. The number of aromatic nitrogens is 4. The van der Waals surface area contributed by atoms with E-state index < -0.39 is 0 Å². The number of amides is 1. The van der Waals surface area contributed by atoms with Gasteiger partial charge in [-0.2, -0.15) is 0 Å². The SMILES string of the molecule is CN=C(OC)c1cc(C(=O)N2CCCC2c2nc(C)cs2)cc(-c2nnc(C(C)Cc3ccccc3)o2)n1. The molecule has 0 spiro atoms. The second-order valence-electron chi connectivity index (χ2n) is 9.38. The Hall–Kier alpha value is -3.92. The van der Waals surface area contributed by atoms with E-state index in [4.69, 9.17) is 9.15 Å². The molecule has 0 N–H and O–H groups in total. The number of pyridine rings is 1. The topological polar surface area (TPSA) is 107 Å². The Morgan fingerprint density at radius 1 is 1.24 bits per heavy atom. The van der Waals surface area contributed by atoms with Crippen LogP contribution in [0.25, 0.3) is 11.6 Å². The van der Waals surface area contributed by atoms with Gasteiger partial charge in [0.1, 0.15) is 16.4 Å². The predicted molar refractivity (Wildman–Crippen MR) is 145 cm³/mol. The molecule has 2 atom stereocenters. The molecule has 1 aromatic carbocycles. The highest BCUT2D eigenvalue weighted by atomic mass is 32.1. The highest BCUT2D eigenvalue weighted by Crippen LogP contribution is 2.35. The average Bonchev–Trinajstić information content (AvgIpc) is 3.70. The van der Waals surface area contributed by atoms with Crippen LogP contribution in [0.1, 0.15) is 69.9 Å². The first-order chi connectivity index (χ1) is 18.5. The van der Waals surface area contributed by atoms with E-state index in [0.29, 0.717) is 35.3 Å². The van der Waals surface area contributed by atoms with E-state index >= 15 is 0 Å². The molecule has 196 valence electrons. The van der Waals surface area contributed by atoms with E-state index in [0.717, 1.165) is 30.0 Å². The summed E-state index contributed by atoms with van der Waals surface area (Å²) in [6, 6.07) is 13.5. The number of hydrogen-bond donors (Lipinski definition) is 0. The molecule has 0 radical (unpaired) electrons. The third-order valence-electron chi connectivity index (χ3n) is 6.59. The van der Waals surface area contributed by atoms with Crippen molar-refractivity contribution in [1.29, 1.82) is 0 Å². The van der Waals surface area contributed by atoms with Crippen molar-refractivity contribution >= 4 is 23.1 Å². The minimum Gasteiger partial charge on any atom is -0.480 e. The van der Waals surface area contributed by atoms with Crippen LogP contribution < -0.4 is 0 Å². The number of carbonyl (C=O) groups is 1. The minimum absolute atomic E-state index is 0.0155. The number of ether oxygens (including phenoxy) is 1. The molecule has 9 nitrogen and oxygen atoms in total. The molecule has 5 rings (SSSR count). The lowest BCUT2D eigenvalue weighted by molar-refractivity contribution is 0.0735. The predicted octanol–water partition coefficient (Wildman–Crippen LogP) is 5.24. The Morgan fingerprint density at radius 2 is 2.05 bits per heavy atom. The molecule has 1 fully saturated rings. The number of methoxy groups -OCH3 is 1. The monoisotopic (exact) mass is 530 g/mol. The molecular weight excluding hydrogens is 500 g/mol. The molecule has 0 bridgehead atoms. The summed E-state index contributed by atoms with van der Waals surface area (Å²) in [6.45, 7) is 4.68. The Bertz CT molecular complexity index is 1450. The minimum atomic E-state index is -0.103. The van der Waals surface area contributed by atoms with Crippen molar-refractivity contribution in [3.8, 4) is 11.6 Å². The molecular formula is C28H30N6O3S. The molecule has 1 saturated heterocycles. The van der Waals surface area contributed by atoms with E-state index in [1.165, 1.54) is 12.7 Å². The lowest BCUT2D eigenvalue weighted by Gasteiger charge is -2.23. The summed E-state index contributed by atoms with van der Waals surface area (Å²) in [7, 11) is 3.14. The summed E-state index contributed by atoms with van der Waals surface area (Å²) in [5.74, 6) is 0.983. The number of aryl methyl sites for hydroxylation is 1. The molecule has 1 aliphatic rings. The molecule has 38 heavy (non-hydrogen) atoms. The lowest BCUT2D eigenvalue weighted by atomic mass is 10.0. The van der Waals surface area contributed by atoms with Gasteiger partial charge in [-0.25, -0.2) is 9.97 Å². The van der Waals surface area contributed by atoms with Crippen molar-refractivity contribution < 1.29 is 13.9 Å². The van der Waals surface area contributed by atoms with E-state index in [-0.39, 0.29) is 23.8 Å². The first-order valence-corrected chi connectivity index (χ1v) is 13.5. The van der Waals surface area contributed by atoms with Crippen molar-refractivity contribution in [2.24, 2.45) is 4.99 Å². The zero-order chi connectivity index (χ0) is 26.6. The van der Waals surface area contributed by atoms with Crippen molar-refractivity contribution in [2.45, 2.75) is 45.1 Å².